The van der Waals surface area contributed by atoms with Crippen LogP contribution in [-0.4, -0.2) is 79.6 Å². The number of ether oxygens (including phenoxy) is 1. The van der Waals surface area contributed by atoms with E-state index in [1.54, 1.807) is 0 Å². The van der Waals surface area contributed by atoms with Gasteiger partial charge in [0, 0.05) is 44.0 Å². The van der Waals surface area contributed by atoms with E-state index in [9.17, 15) is 4.79 Å². The monoisotopic (exact) mass is 450 g/mol. The van der Waals surface area contributed by atoms with Crippen molar-refractivity contribution in [2.24, 2.45) is 0 Å². The molecule has 0 atom stereocenters. The Morgan fingerprint density at radius 3 is 2.18 bits per heavy atom. The summed E-state index contributed by atoms with van der Waals surface area (Å²) in [4.78, 5) is 22.1. The Bertz CT molecular complexity index is 879. The average molecular weight is 451 g/mol. The molecule has 6 nitrogen and oxygen atoms in total. The maximum absolute atomic E-state index is 13.2. The largest absolute Gasteiger partial charge is 0.457 e. The summed E-state index contributed by atoms with van der Waals surface area (Å²) in [7, 11) is 4.28. The van der Waals surface area contributed by atoms with Crippen molar-refractivity contribution in [2.75, 3.05) is 51.7 Å². The SMILES string of the molecule is CCN(CCN(C)C)C1CCC(N2CCN(c3ccc(Oc4ccccc4)cc3)C2=O)CC1. The average Bonchev–Trinajstić information content (AvgIpc) is 3.22. The molecule has 2 amide bonds. The number of carbonyl (C=O) groups excluding carboxylic acids is 1. The van der Waals surface area contributed by atoms with Gasteiger partial charge in [-0.25, -0.2) is 4.79 Å². The standard InChI is InChI=1S/C27H38N4O2/c1-4-29(19-18-28(2)3)22-10-12-23(13-11-22)30-20-21-31(27(30)32)24-14-16-26(17-15-24)33-25-8-6-5-7-9-25/h5-9,14-17,22-23H,4,10-13,18-21H2,1-3H3. The van der Waals surface area contributed by atoms with Crippen LogP contribution in [0.15, 0.2) is 54.6 Å². The molecule has 2 aromatic rings. The van der Waals surface area contributed by atoms with E-state index in [4.69, 9.17) is 4.74 Å². The minimum atomic E-state index is 0.148. The van der Waals surface area contributed by atoms with Crippen LogP contribution in [0.2, 0.25) is 0 Å². The summed E-state index contributed by atoms with van der Waals surface area (Å²) < 4.78 is 5.89. The van der Waals surface area contributed by atoms with Crippen LogP contribution in [0.25, 0.3) is 0 Å². The van der Waals surface area contributed by atoms with Gasteiger partial charge in [-0.05, 0) is 82.7 Å². The van der Waals surface area contributed by atoms with Crippen LogP contribution < -0.4 is 9.64 Å². The number of anilines is 1. The number of hydrogen-bond acceptors (Lipinski definition) is 4. The van der Waals surface area contributed by atoms with E-state index in [2.05, 4.69) is 35.7 Å². The number of hydrogen-bond donors (Lipinski definition) is 0. The molecule has 0 spiro atoms. The van der Waals surface area contributed by atoms with Crippen LogP contribution in [0, 0.1) is 0 Å². The molecule has 2 aliphatic rings. The third-order valence-electron chi connectivity index (χ3n) is 7.03. The van der Waals surface area contributed by atoms with Crippen molar-refractivity contribution in [1.82, 2.24) is 14.7 Å². The molecular weight excluding hydrogens is 412 g/mol. The fourth-order valence-electron chi connectivity index (χ4n) is 5.11. The first-order chi connectivity index (χ1) is 16.0. The molecule has 0 bridgehead atoms. The van der Waals surface area contributed by atoms with Gasteiger partial charge in [0.2, 0.25) is 0 Å². The highest BCUT2D eigenvalue weighted by Gasteiger charge is 2.37. The van der Waals surface area contributed by atoms with E-state index >= 15 is 0 Å². The van der Waals surface area contributed by atoms with Crippen molar-refractivity contribution >= 4 is 11.7 Å². The second-order valence-electron chi connectivity index (χ2n) is 9.43. The van der Waals surface area contributed by atoms with Crippen molar-refractivity contribution in [3.05, 3.63) is 54.6 Å². The number of benzene rings is 2. The summed E-state index contributed by atoms with van der Waals surface area (Å²) in [6.45, 7) is 7.15. The van der Waals surface area contributed by atoms with Crippen molar-refractivity contribution in [3.8, 4) is 11.5 Å². The lowest BCUT2D eigenvalue weighted by molar-refractivity contribution is 0.113. The molecule has 6 heteroatoms. The molecule has 33 heavy (non-hydrogen) atoms. The van der Waals surface area contributed by atoms with Crippen LogP contribution in [0.3, 0.4) is 0 Å². The highest BCUT2D eigenvalue weighted by atomic mass is 16.5. The van der Waals surface area contributed by atoms with Crippen LogP contribution in [0.5, 0.6) is 11.5 Å². The molecule has 0 radical (unpaired) electrons. The van der Waals surface area contributed by atoms with Gasteiger partial charge in [0.05, 0.1) is 0 Å². The van der Waals surface area contributed by atoms with Gasteiger partial charge in [0.1, 0.15) is 11.5 Å². The smallest absolute Gasteiger partial charge is 0.324 e. The molecule has 1 saturated carbocycles. The number of carbonyl (C=O) groups is 1. The molecule has 4 rings (SSSR count). The predicted octanol–water partition coefficient (Wildman–Crippen LogP) is 4.92. The van der Waals surface area contributed by atoms with Crippen LogP contribution in [0.1, 0.15) is 32.6 Å². The Kier molecular flexibility index (Phi) is 7.89. The number of urea groups is 1. The summed E-state index contributed by atoms with van der Waals surface area (Å²) in [5, 5.41) is 0. The number of nitrogens with zero attached hydrogens (tertiary/aromatic N) is 4. The molecule has 1 aliphatic heterocycles. The summed E-state index contributed by atoms with van der Waals surface area (Å²) in [5.41, 5.74) is 0.942. The Balaban J connectivity index is 1.30. The first kappa shape index (κ1) is 23.6. The van der Waals surface area contributed by atoms with Gasteiger partial charge in [-0.1, -0.05) is 25.1 Å². The lowest BCUT2D eigenvalue weighted by atomic mass is 9.89. The van der Waals surface area contributed by atoms with Crippen molar-refractivity contribution < 1.29 is 9.53 Å². The fourth-order valence-corrected chi connectivity index (χ4v) is 5.11. The molecule has 0 N–H and O–H groups in total. The first-order valence-corrected chi connectivity index (χ1v) is 12.3. The summed E-state index contributed by atoms with van der Waals surface area (Å²) in [6, 6.07) is 18.8. The maximum Gasteiger partial charge on any atom is 0.324 e. The minimum absolute atomic E-state index is 0.148. The summed E-state index contributed by atoms with van der Waals surface area (Å²) in [5.74, 6) is 1.59. The number of amides is 2. The Labute approximate surface area is 198 Å². The number of para-hydroxylation sites is 1. The summed E-state index contributed by atoms with van der Waals surface area (Å²) in [6.07, 6.45) is 4.57. The normalized spacial score (nSPS) is 21.3. The molecule has 1 aliphatic carbocycles. The zero-order chi connectivity index (χ0) is 23.2. The van der Waals surface area contributed by atoms with Crippen LogP contribution in [-0.2, 0) is 0 Å². The van der Waals surface area contributed by atoms with Crippen LogP contribution >= 0.6 is 0 Å². The maximum atomic E-state index is 13.2. The van der Waals surface area contributed by atoms with E-state index in [-0.39, 0.29) is 6.03 Å². The first-order valence-electron chi connectivity index (χ1n) is 12.3. The molecule has 1 heterocycles. The van der Waals surface area contributed by atoms with Gasteiger partial charge in [0.25, 0.3) is 0 Å². The minimum Gasteiger partial charge on any atom is -0.457 e. The van der Waals surface area contributed by atoms with Gasteiger partial charge in [-0.3, -0.25) is 9.80 Å². The van der Waals surface area contributed by atoms with Crippen molar-refractivity contribution in [2.45, 2.75) is 44.7 Å². The Morgan fingerprint density at radius 2 is 1.55 bits per heavy atom. The van der Waals surface area contributed by atoms with E-state index in [0.29, 0.717) is 12.1 Å². The quantitative estimate of drug-likeness (QED) is 0.544. The summed E-state index contributed by atoms with van der Waals surface area (Å²) >= 11 is 0. The molecule has 178 valence electrons. The number of rotatable bonds is 9. The highest BCUT2D eigenvalue weighted by molar-refractivity contribution is 5.94. The second kappa shape index (κ2) is 11.0. The van der Waals surface area contributed by atoms with Gasteiger partial charge < -0.3 is 14.5 Å². The lowest BCUT2D eigenvalue weighted by Crippen LogP contribution is -2.46. The fraction of sp³-hybridized carbons (Fsp3) is 0.519. The number of likely N-dealkylation sites (N-methyl/N-ethyl adjacent to an activating group) is 2. The third-order valence-corrected chi connectivity index (χ3v) is 7.03. The highest BCUT2D eigenvalue weighted by Crippen LogP contribution is 2.31. The van der Waals surface area contributed by atoms with Gasteiger partial charge in [-0.15, -0.1) is 0 Å². The predicted molar refractivity (Wildman–Crippen MR) is 134 cm³/mol. The molecule has 2 aromatic carbocycles. The Morgan fingerprint density at radius 1 is 0.879 bits per heavy atom. The molecule has 0 aromatic heterocycles. The lowest BCUT2D eigenvalue weighted by Gasteiger charge is -2.39. The third kappa shape index (κ3) is 5.87. The Hall–Kier alpha value is -2.57. The molecular formula is C27H38N4O2. The van der Waals surface area contributed by atoms with Gasteiger partial charge in [-0.2, -0.15) is 0 Å². The van der Waals surface area contributed by atoms with E-state index in [1.807, 2.05) is 59.5 Å². The zero-order valence-corrected chi connectivity index (χ0v) is 20.3. The van der Waals surface area contributed by atoms with E-state index in [1.165, 1.54) is 12.8 Å². The zero-order valence-electron chi connectivity index (χ0n) is 20.3. The molecule has 0 unspecified atom stereocenters. The second-order valence-corrected chi connectivity index (χ2v) is 9.43. The molecule has 1 saturated heterocycles. The van der Waals surface area contributed by atoms with Gasteiger partial charge in [0.15, 0.2) is 0 Å². The topological polar surface area (TPSA) is 39.3 Å². The van der Waals surface area contributed by atoms with Crippen molar-refractivity contribution in [3.63, 3.8) is 0 Å². The van der Waals surface area contributed by atoms with E-state index < -0.39 is 0 Å². The van der Waals surface area contributed by atoms with Crippen molar-refractivity contribution in [1.29, 1.82) is 0 Å². The van der Waals surface area contributed by atoms with E-state index in [0.717, 1.165) is 62.8 Å². The van der Waals surface area contributed by atoms with Gasteiger partial charge >= 0.3 is 6.03 Å². The molecule has 2 fully saturated rings. The van der Waals surface area contributed by atoms with Crippen LogP contribution in [0.4, 0.5) is 10.5 Å².